The molecule has 4 aromatic rings. The smallest absolute Gasteiger partial charge is 0.167 e. The Kier molecular flexibility index (Phi) is 12.7. The normalized spacial score (nSPS) is 14.6. The molecule has 9 nitrogen and oxygen atoms in total. The maximum atomic E-state index is 14.5. The standard InChI is InChI=1S/C32H41FN5O4PS/c1-34-25-4-6-29(26(33)19-25)42-30-7-8-35-28-20-31(44-32(28)30)27-5-3-24(21-36-27)22-38-11-9-37(10-12-38)13-14-41-23-43-18-17-40-16-15-39-2/h3-8,19-21,34,43H,9-18,22-23H2,1-2H3. The summed E-state index contributed by atoms with van der Waals surface area (Å²) in [6, 6.07) is 12.8. The molecule has 0 amide bonds. The lowest BCUT2D eigenvalue weighted by atomic mass is 10.2. The highest BCUT2D eigenvalue weighted by Crippen LogP contribution is 2.39. The van der Waals surface area contributed by atoms with Crippen LogP contribution in [0.4, 0.5) is 10.1 Å². The van der Waals surface area contributed by atoms with Crippen LogP contribution in [0.1, 0.15) is 5.56 Å². The number of rotatable bonds is 17. The van der Waals surface area contributed by atoms with E-state index in [9.17, 15) is 4.39 Å². The van der Waals surface area contributed by atoms with Gasteiger partial charge in [0.25, 0.3) is 0 Å². The summed E-state index contributed by atoms with van der Waals surface area (Å²) >= 11 is 1.55. The number of thiophene rings is 1. The average molecular weight is 642 g/mol. The van der Waals surface area contributed by atoms with Gasteiger partial charge >= 0.3 is 0 Å². The Morgan fingerprint density at radius 3 is 2.57 bits per heavy atom. The molecule has 1 fully saturated rings. The molecular formula is C32H41FN5O4PS. The monoisotopic (exact) mass is 641 g/mol. The summed E-state index contributed by atoms with van der Waals surface area (Å²) in [5.41, 5.74) is 3.57. The molecule has 0 radical (unpaired) electrons. The lowest BCUT2D eigenvalue weighted by molar-refractivity contribution is 0.0780. The minimum atomic E-state index is -0.422. The summed E-state index contributed by atoms with van der Waals surface area (Å²) in [6.07, 6.45) is 5.51. The van der Waals surface area contributed by atoms with Crippen LogP contribution < -0.4 is 10.1 Å². The summed E-state index contributed by atoms with van der Waals surface area (Å²) in [5, 5.41) is 2.93. The van der Waals surface area contributed by atoms with Crippen molar-refractivity contribution in [3.05, 3.63) is 66.2 Å². The van der Waals surface area contributed by atoms with Gasteiger partial charge in [-0.3, -0.25) is 19.8 Å². The molecule has 12 heteroatoms. The first-order valence-electron chi connectivity index (χ1n) is 14.9. The third kappa shape index (κ3) is 9.37. The number of benzene rings is 1. The second kappa shape index (κ2) is 17.1. The van der Waals surface area contributed by atoms with Gasteiger partial charge in [-0.15, -0.1) is 11.3 Å². The Bertz CT molecular complexity index is 1450. The molecule has 44 heavy (non-hydrogen) atoms. The predicted octanol–water partition coefficient (Wildman–Crippen LogP) is 5.76. The van der Waals surface area contributed by atoms with Gasteiger partial charge in [0.1, 0.15) is 5.75 Å². The van der Waals surface area contributed by atoms with Crippen LogP contribution in [-0.4, -0.2) is 106 Å². The Balaban J connectivity index is 1.06. The first kappa shape index (κ1) is 32.6. The molecule has 1 saturated heterocycles. The highest BCUT2D eigenvalue weighted by Gasteiger charge is 2.18. The third-order valence-corrected chi connectivity index (χ3v) is 9.50. The molecule has 1 aromatic carbocycles. The molecule has 4 heterocycles. The van der Waals surface area contributed by atoms with Crippen molar-refractivity contribution in [1.29, 1.82) is 0 Å². The number of pyridine rings is 2. The summed E-state index contributed by atoms with van der Waals surface area (Å²) in [4.78, 5) is 15.2. The van der Waals surface area contributed by atoms with Crippen LogP contribution in [0.3, 0.4) is 0 Å². The first-order valence-corrected chi connectivity index (χ1v) is 17.1. The number of piperazine rings is 1. The van der Waals surface area contributed by atoms with Crippen LogP contribution in [0.15, 0.2) is 54.9 Å². The molecule has 0 aliphatic carbocycles. The molecule has 1 N–H and O–H groups in total. The Labute approximate surface area is 264 Å². The fourth-order valence-corrected chi connectivity index (χ4v) is 6.63. The number of hydrogen-bond acceptors (Lipinski definition) is 10. The fraction of sp³-hybridized carbons (Fsp3) is 0.438. The highest BCUT2D eigenvalue weighted by molar-refractivity contribution is 7.37. The van der Waals surface area contributed by atoms with Gasteiger partial charge in [-0.1, -0.05) is 14.6 Å². The number of anilines is 1. The van der Waals surface area contributed by atoms with Crippen LogP contribution in [0, 0.1) is 5.82 Å². The van der Waals surface area contributed by atoms with Crippen LogP contribution in [0.5, 0.6) is 11.5 Å². The van der Waals surface area contributed by atoms with Gasteiger partial charge in [0.05, 0.1) is 53.6 Å². The van der Waals surface area contributed by atoms with Gasteiger partial charge in [0.2, 0.25) is 0 Å². The van der Waals surface area contributed by atoms with Crippen molar-refractivity contribution in [2.45, 2.75) is 6.54 Å². The van der Waals surface area contributed by atoms with E-state index in [0.29, 0.717) is 24.7 Å². The molecule has 1 aliphatic heterocycles. The Morgan fingerprint density at radius 2 is 1.80 bits per heavy atom. The topological polar surface area (TPSA) is 81.2 Å². The zero-order chi connectivity index (χ0) is 30.6. The quantitative estimate of drug-likeness (QED) is 0.114. The van der Waals surface area contributed by atoms with Crippen molar-refractivity contribution in [2.75, 3.05) is 91.1 Å². The van der Waals surface area contributed by atoms with Gasteiger partial charge in [0.15, 0.2) is 11.6 Å². The van der Waals surface area contributed by atoms with Gasteiger partial charge in [0, 0.05) is 83.6 Å². The van der Waals surface area contributed by atoms with Crippen LogP contribution in [0.2, 0.25) is 0 Å². The number of hydrogen-bond donors (Lipinski definition) is 1. The zero-order valence-corrected chi connectivity index (χ0v) is 27.2. The number of ether oxygens (including phenoxy) is 4. The molecule has 236 valence electrons. The summed E-state index contributed by atoms with van der Waals surface area (Å²) < 4.78 is 37.7. The minimum Gasteiger partial charge on any atom is -0.453 e. The summed E-state index contributed by atoms with van der Waals surface area (Å²) in [6.45, 7) is 8.90. The second-order valence-corrected chi connectivity index (χ2v) is 12.8. The van der Waals surface area contributed by atoms with Crippen LogP contribution in [0.25, 0.3) is 20.8 Å². The Morgan fingerprint density at radius 1 is 0.932 bits per heavy atom. The zero-order valence-electron chi connectivity index (χ0n) is 25.4. The number of methoxy groups -OCH3 is 1. The third-order valence-electron chi connectivity index (χ3n) is 7.38. The largest absolute Gasteiger partial charge is 0.453 e. The van der Waals surface area contributed by atoms with Gasteiger partial charge in [-0.2, -0.15) is 0 Å². The molecular weight excluding hydrogens is 600 g/mol. The molecule has 1 aliphatic rings. The van der Waals surface area contributed by atoms with Crippen molar-refractivity contribution in [2.24, 2.45) is 0 Å². The van der Waals surface area contributed by atoms with Crippen molar-refractivity contribution in [3.63, 3.8) is 0 Å². The minimum absolute atomic E-state index is 0.176. The van der Waals surface area contributed by atoms with E-state index in [1.807, 2.05) is 12.3 Å². The summed E-state index contributed by atoms with van der Waals surface area (Å²) in [5.74, 6) is 0.327. The molecule has 0 spiro atoms. The number of fused-ring (bicyclic) bond motifs is 1. The first-order chi connectivity index (χ1) is 21.6. The maximum Gasteiger partial charge on any atom is 0.167 e. The number of halogens is 1. The van der Waals surface area contributed by atoms with Gasteiger partial charge in [-0.25, -0.2) is 4.39 Å². The maximum absolute atomic E-state index is 14.5. The van der Waals surface area contributed by atoms with Crippen molar-refractivity contribution >= 4 is 35.8 Å². The molecule has 5 rings (SSSR count). The van der Waals surface area contributed by atoms with E-state index in [1.165, 1.54) is 11.6 Å². The SMILES string of the molecule is CNc1ccc(Oc2ccnc3cc(-c4ccc(CN5CCN(CCOCPCCOCCOC)CC5)cn4)sc23)c(F)c1. The van der Waals surface area contributed by atoms with E-state index in [2.05, 4.69) is 32.2 Å². The van der Waals surface area contributed by atoms with E-state index in [-0.39, 0.29) is 5.75 Å². The van der Waals surface area contributed by atoms with E-state index in [4.69, 9.17) is 23.9 Å². The van der Waals surface area contributed by atoms with E-state index in [0.717, 1.165) is 94.4 Å². The van der Waals surface area contributed by atoms with Crippen molar-refractivity contribution in [3.8, 4) is 22.1 Å². The highest BCUT2D eigenvalue weighted by atomic mass is 32.1. The molecule has 0 saturated carbocycles. The fourth-order valence-electron chi connectivity index (χ4n) is 4.87. The number of nitrogens with zero attached hydrogens (tertiary/aromatic N) is 4. The van der Waals surface area contributed by atoms with Gasteiger partial charge < -0.3 is 24.3 Å². The van der Waals surface area contributed by atoms with Crippen molar-refractivity contribution in [1.82, 2.24) is 19.8 Å². The van der Waals surface area contributed by atoms with E-state index < -0.39 is 5.82 Å². The average Bonchev–Trinajstić information content (AvgIpc) is 3.49. The number of aromatic nitrogens is 2. The molecule has 3 aromatic heterocycles. The van der Waals surface area contributed by atoms with Gasteiger partial charge in [-0.05, 0) is 36.0 Å². The van der Waals surface area contributed by atoms with Crippen LogP contribution in [-0.2, 0) is 20.8 Å². The molecule has 1 atom stereocenters. The molecule has 1 unspecified atom stereocenters. The van der Waals surface area contributed by atoms with E-state index >= 15 is 0 Å². The van der Waals surface area contributed by atoms with E-state index in [1.54, 1.807) is 49.9 Å². The second-order valence-electron chi connectivity index (χ2n) is 10.5. The lowest BCUT2D eigenvalue weighted by Gasteiger charge is -2.34. The molecule has 0 bridgehead atoms. The summed E-state index contributed by atoms with van der Waals surface area (Å²) in [7, 11) is 4.22. The van der Waals surface area contributed by atoms with Crippen LogP contribution >= 0.6 is 19.9 Å². The van der Waals surface area contributed by atoms with Crippen molar-refractivity contribution < 1.29 is 23.3 Å². The lowest BCUT2D eigenvalue weighted by Crippen LogP contribution is -2.46. The predicted molar refractivity (Wildman–Crippen MR) is 177 cm³/mol. The Hall–Kier alpha value is -2.76. The number of nitrogens with one attached hydrogen (secondary N) is 1.